The molecule has 0 aliphatic carbocycles. The molecule has 0 radical (unpaired) electrons. The molecule has 1 aromatic carbocycles. The Morgan fingerprint density at radius 1 is 1.12 bits per heavy atom. The van der Waals surface area contributed by atoms with E-state index in [0.717, 1.165) is 29.8 Å². The van der Waals surface area contributed by atoms with E-state index in [1.807, 2.05) is 42.9 Å². The van der Waals surface area contributed by atoms with Gasteiger partial charge in [0.1, 0.15) is 11.4 Å². The van der Waals surface area contributed by atoms with Crippen LogP contribution >= 0.6 is 0 Å². The van der Waals surface area contributed by atoms with Crippen molar-refractivity contribution in [3.63, 3.8) is 0 Å². The van der Waals surface area contributed by atoms with Crippen molar-refractivity contribution in [2.45, 2.75) is 64.6 Å². The number of aromatic nitrogens is 5. The van der Waals surface area contributed by atoms with Gasteiger partial charge in [0.05, 0.1) is 23.9 Å². The van der Waals surface area contributed by atoms with Crippen molar-refractivity contribution >= 4 is 5.95 Å². The summed E-state index contributed by atoms with van der Waals surface area (Å²) in [6.07, 6.45) is 7.50. The number of nitrogens with zero attached hydrogens (tertiary/aromatic N) is 6. The molecule has 0 atom stereocenters. The molecule has 1 saturated heterocycles. The van der Waals surface area contributed by atoms with Crippen LogP contribution in [-0.2, 0) is 4.74 Å². The normalized spacial score (nSPS) is 17.5. The van der Waals surface area contributed by atoms with Gasteiger partial charge in [-0.25, -0.2) is 9.97 Å². The highest BCUT2D eigenvalue weighted by Crippen LogP contribution is 2.33. The second-order valence-electron chi connectivity index (χ2n) is 10.4. The molecule has 4 rings (SSSR count). The summed E-state index contributed by atoms with van der Waals surface area (Å²) in [4.78, 5) is 11.1. The molecule has 0 unspecified atom stereocenters. The highest BCUT2D eigenvalue weighted by Gasteiger charge is 2.39. The van der Waals surface area contributed by atoms with E-state index in [4.69, 9.17) is 9.47 Å². The molecule has 1 fully saturated rings. The summed E-state index contributed by atoms with van der Waals surface area (Å²) in [6, 6.07) is 6.22. The minimum Gasteiger partial charge on any atom is -0.467 e. The summed E-state index contributed by atoms with van der Waals surface area (Å²) in [5, 5.41) is 12.7. The molecule has 1 N–H and O–H groups in total. The third kappa shape index (κ3) is 5.37. The number of rotatable bonds is 7. The lowest BCUT2D eigenvalue weighted by Gasteiger charge is -2.48. The minimum atomic E-state index is 0.0388. The maximum Gasteiger partial charge on any atom is 0.245 e. The minimum absolute atomic E-state index is 0.0388. The van der Waals surface area contributed by atoms with Gasteiger partial charge < -0.3 is 24.3 Å². The van der Waals surface area contributed by atoms with Gasteiger partial charge in [0, 0.05) is 49.1 Å². The summed E-state index contributed by atoms with van der Waals surface area (Å²) < 4.78 is 12.9. The van der Waals surface area contributed by atoms with Crippen molar-refractivity contribution in [3.05, 3.63) is 42.6 Å². The molecule has 3 aromatic rings. The zero-order chi connectivity index (χ0) is 24.5. The van der Waals surface area contributed by atoms with Crippen molar-refractivity contribution in [1.29, 1.82) is 0 Å². The van der Waals surface area contributed by atoms with Crippen LogP contribution in [0.2, 0.25) is 0 Å². The van der Waals surface area contributed by atoms with Gasteiger partial charge >= 0.3 is 0 Å². The molecule has 0 spiro atoms. The number of ether oxygens (including phenoxy) is 2. The number of hydrogen-bond acceptors (Lipinski definition) is 8. The van der Waals surface area contributed by atoms with Crippen LogP contribution in [0.5, 0.6) is 5.75 Å². The number of benzene rings is 1. The molecule has 0 amide bonds. The van der Waals surface area contributed by atoms with Crippen molar-refractivity contribution in [1.82, 2.24) is 30.0 Å². The Balaban J connectivity index is 1.59. The number of hydrogen-bond donors (Lipinski definition) is 1. The number of methoxy groups -OCH3 is 1. The molecular weight excluding hydrogens is 430 g/mol. The van der Waals surface area contributed by atoms with Crippen molar-refractivity contribution in [3.8, 4) is 22.7 Å². The standard InChI is InChI=1S/C25H35N7O2/c1-17-14-32(15-27-17)18-8-9-20(22(10-18)34-16-33-7)21-13-26-23(29-28-21)31(6)19-11-24(2,3)30-25(4,5)12-19/h8-10,13-15,19,30H,11-12,16H2,1-7H3. The van der Waals surface area contributed by atoms with Crippen LogP contribution < -0.4 is 15.0 Å². The van der Waals surface area contributed by atoms with E-state index in [0.29, 0.717) is 23.4 Å². The van der Waals surface area contributed by atoms with Gasteiger partial charge in [0.15, 0.2) is 6.79 Å². The molecule has 182 valence electrons. The SMILES string of the molecule is COCOc1cc(-n2cnc(C)c2)ccc1-c1cnc(N(C)C2CC(C)(C)NC(C)(C)C2)nn1. The van der Waals surface area contributed by atoms with Crippen molar-refractivity contribution < 1.29 is 9.47 Å². The summed E-state index contributed by atoms with van der Waals surface area (Å²) in [7, 11) is 3.64. The first-order chi connectivity index (χ1) is 16.1. The largest absolute Gasteiger partial charge is 0.467 e. The molecule has 0 saturated carbocycles. The molecule has 9 nitrogen and oxygen atoms in total. The van der Waals surface area contributed by atoms with Gasteiger partial charge in [-0.15, -0.1) is 10.2 Å². The zero-order valence-electron chi connectivity index (χ0n) is 21.2. The lowest BCUT2D eigenvalue weighted by atomic mass is 9.79. The predicted molar refractivity (Wildman–Crippen MR) is 132 cm³/mol. The molecule has 1 aliphatic heterocycles. The van der Waals surface area contributed by atoms with E-state index in [1.165, 1.54) is 0 Å². The van der Waals surface area contributed by atoms with Crippen LogP contribution in [0.4, 0.5) is 5.95 Å². The Hall–Kier alpha value is -3.04. The molecule has 1 aliphatic rings. The fourth-order valence-corrected chi connectivity index (χ4v) is 4.95. The van der Waals surface area contributed by atoms with E-state index in [1.54, 1.807) is 19.6 Å². The number of imidazole rings is 1. The Bertz CT molecular complexity index is 1110. The third-order valence-electron chi connectivity index (χ3n) is 6.16. The van der Waals surface area contributed by atoms with Crippen molar-refractivity contribution in [2.24, 2.45) is 0 Å². The van der Waals surface area contributed by atoms with Crippen LogP contribution in [0.1, 0.15) is 46.2 Å². The average Bonchev–Trinajstić information content (AvgIpc) is 3.21. The van der Waals surface area contributed by atoms with Crippen LogP contribution in [0.3, 0.4) is 0 Å². The summed E-state index contributed by atoms with van der Waals surface area (Å²) in [6.45, 7) is 11.1. The van der Waals surface area contributed by atoms with Crippen LogP contribution in [-0.4, -0.2) is 62.8 Å². The molecule has 3 heterocycles. The van der Waals surface area contributed by atoms with E-state index >= 15 is 0 Å². The second kappa shape index (κ2) is 9.31. The smallest absolute Gasteiger partial charge is 0.245 e. The van der Waals surface area contributed by atoms with E-state index < -0.39 is 0 Å². The fourth-order valence-electron chi connectivity index (χ4n) is 4.95. The number of aryl methyl sites for hydroxylation is 1. The fraction of sp³-hybridized carbons (Fsp3) is 0.520. The van der Waals surface area contributed by atoms with Crippen LogP contribution in [0, 0.1) is 6.92 Å². The lowest BCUT2D eigenvalue weighted by molar-refractivity contribution is 0.0515. The Labute approximate surface area is 201 Å². The zero-order valence-corrected chi connectivity index (χ0v) is 21.2. The maximum absolute atomic E-state index is 5.86. The lowest BCUT2D eigenvalue weighted by Crippen LogP contribution is -2.62. The summed E-state index contributed by atoms with van der Waals surface area (Å²) in [5.41, 5.74) is 3.40. The van der Waals surface area contributed by atoms with E-state index in [-0.39, 0.29) is 17.9 Å². The van der Waals surface area contributed by atoms with Gasteiger partial charge in [-0.1, -0.05) is 0 Å². The van der Waals surface area contributed by atoms with Crippen molar-refractivity contribution in [2.75, 3.05) is 25.9 Å². The van der Waals surface area contributed by atoms with Gasteiger partial charge in [-0.3, -0.25) is 0 Å². The van der Waals surface area contributed by atoms with E-state index in [9.17, 15) is 0 Å². The highest BCUT2D eigenvalue weighted by molar-refractivity contribution is 5.68. The molecule has 2 aromatic heterocycles. The highest BCUT2D eigenvalue weighted by atomic mass is 16.7. The Morgan fingerprint density at radius 3 is 2.44 bits per heavy atom. The molecular formula is C25H35N7O2. The Kier molecular flexibility index (Phi) is 6.60. The maximum atomic E-state index is 5.86. The van der Waals surface area contributed by atoms with Crippen LogP contribution in [0.15, 0.2) is 36.9 Å². The second-order valence-corrected chi connectivity index (χ2v) is 10.4. The first kappa shape index (κ1) is 24.1. The monoisotopic (exact) mass is 465 g/mol. The number of nitrogens with one attached hydrogen (secondary N) is 1. The first-order valence-electron chi connectivity index (χ1n) is 11.6. The van der Waals surface area contributed by atoms with Gasteiger partial charge in [-0.2, -0.15) is 0 Å². The molecule has 0 bridgehead atoms. The van der Waals surface area contributed by atoms with Gasteiger partial charge in [-0.05, 0) is 59.6 Å². The molecule has 34 heavy (non-hydrogen) atoms. The third-order valence-corrected chi connectivity index (χ3v) is 6.16. The first-order valence-corrected chi connectivity index (χ1v) is 11.6. The van der Waals surface area contributed by atoms with Gasteiger partial charge in [0.25, 0.3) is 0 Å². The molecule has 9 heteroatoms. The van der Waals surface area contributed by atoms with E-state index in [2.05, 4.69) is 58.1 Å². The summed E-state index contributed by atoms with van der Waals surface area (Å²) >= 11 is 0. The quantitative estimate of drug-likeness (QED) is 0.528. The van der Waals surface area contributed by atoms with Crippen LogP contribution in [0.25, 0.3) is 16.9 Å². The average molecular weight is 466 g/mol. The number of anilines is 1. The summed E-state index contributed by atoms with van der Waals surface area (Å²) in [5.74, 6) is 1.26. The predicted octanol–water partition coefficient (Wildman–Crippen LogP) is 3.76. The Morgan fingerprint density at radius 2 is 1.85 bits per heavy atom. The van der Waals surface area contributed by atoms with Gasteiger partial charge in [0.2, 0.25) is 5.95 Å². The topological polar surface area (TPSA) is 90.2 Å². The number of piperidine rings is 1.